The standard InChI is InChI=1S/C49H56N3O4S2/c1-5-53-31-33-55-29-27-50-43-23-17-37(3)35-45(43)57-47(50)25-21-39-19-20-40(49(39)52(41-13-9-7-10-14-41)42-15-11-8-12-16-42)22-26-48-51(28-30-56-34-32-54-6-2)44-24-18-38(4)36-46(44)58-48/h7-18,21-26,35-36H,5-6,19-20,27-34H2,1-4H3/q+1. The second-order valence-electron chi connectivity index (χ2n) is 14.3. The van der Waals surface area contributed by atoms with Gasteiger partial charge in [-0.2, -0.15) is 4.57 Å². The number of hydrogen-bond acceptors (Lipinski definition) is 8. The van der Waals surface area contributed by atoms with Gasteiger partial charge in [-0.1, -0.05) is 77.7 Å². The Labute approximate surface area is 352 Å². The van der Waals surface area contributed by atoms with Gasteiger partial charge in [-0.3, -0.25) is 0 Å². The van der Waals surface area contributed by atoms with Gasteiger partial charge in [0.15, 0.2) is 6.54 Å². The Bertz CT molecular complexity index is 2210. The van der Waals surface area contributed by atoms with Crippen LogP contribution in [0, 0.1) is 13.8 Å². The van der Waals surface area contributed by atoms with Gasteiger partial charge in [-0.15, -0.1) is 0 Å². The van der Waals surface area contributed by atoms with Crippen molar-refractivity contribution in [3.8, 4) is 0 Å². The first-order valence-electron chi connectivity index (χ1n) is 20.6. The van der Waals surface area contributed by atoms with Gasteiger partial charge in [0.1, 0.15) is 11.3 Å². The number of ether oxygens (including phenoxy) is 4. The molecular weight excluding hydrogens is 759 g/mol. The lowest BCUT2D eigenvalue weighted by molar-refractivity contribution is -0.670. The van der Waals surface area contributed by atoms with E-state index in [2.05, 4.69) is 150 Å². The number of anilines is 3. The van der Waals surface area contributed by atoms with E-state index in [1.165, 1.54) is 58.8 Å². The highest BCUT2D eigenvalue weighted by atomic mass is 32.2. The number of thioether (sulfide) groups is 1. The van der Waals surface area contributed by atoms with Crippen molar-refractivity contribution < 1.29 is 23.5 Å². The molecule has 0 atom stereocenters. The Hall–Kier alpha value is -4.48. The number of rotatable bonds is 20. The second-order valence-corrected chi connectivity index (χ2v) is 16.4. The van der Waals surface area contributed by atoms with Gasteiger partial charge in [0.2, 0.25) is 5.52 Å². The molecule has 0 amide bonds. The SMILES string of the molecule is CCOCCOCCN1/C(=C/C=C2\CCC(/C=C/c3sc4cc(C)ccc4[n+]3CCOCCOCC)=C2N(c2ccccc2)c2ccccc2)Sc2cc(C)ccc21. The van der Waals surface area contributed by atoms with Crippen molar-refractivity contribution in [2.75, 3.05) is 69.2 Å². The van der Waals surface area contributed by atoms with E-state index in [9.17, 15) is 0 Å². The van der Waals surface area contributed by atoms with Crippen LogP contribution in [0.15, 0.2) is 142 Å². The maximum Gasteiger partial charge on any atom is 0.262 e. The number of benzene rings is 4. The van der Waals surface area contributed by atoms with E-state index in [0.717, 1.165) is 37.3 Å². The molecule has 7 rings (SSSR count). The fraction of sp³-hybridized carbons (Fsp3) is 0.327. The van der Waals surface area contributed by atoms with Gasteiger partial charge in [0, 0.05) is 48.2 Å². The van der Waals surface area contributed by atoms with Crippen LogP contribution in [0.25, 0.3) is 16.3 Å². The van der Waals surface area contributed by atoms with Crippen LogP contribution in [0.4, 0.5) is 17.1 Å². The molecule has 1 aliphatic heterocycles. The summed E-state index contributed by atoms with van der Waals surface area (Å²) < 4.78 is 26.7. The average Bonchev–Trinajstić information content (AvgIpc) is 3.91. The van der Waals surface area contributed by atoms with E-state index in [1.54, 1.807) is 0 Å². The number of para-hydroxylation sites is 2. The summed E-state index contributed by atoms with van der Waals surface area (Å²) in [4.78, 5) is 6.13. The summed E-state index contributed by atoms with van der Waals surface area (Å²) in [7, 11) is 0. The third kappa shape index (κ3) is 10.4. The minimum Gasteiger partial charge on any atom is -0.379 e. The normalized spacial score (nSPS) is 15.6. The average molecular weight is 815 g/mol. The number of allylic oxidation sites excluding steroid dienone is 5. The van der Waals surface area contributed by atoms with Crippen LogP contribution in [0.2, 0.25) is 0 Å². The zero-order chi connectivity index (χ0) is 40.1. The molecule has 302 valence electrons. The minimum absolute atomic E-state index is 0.599. The van der Waals surface area contributed by atoms with Crippen LogP contribution in [0.3, 0.4) is 0 Å². The summed E-state index contributed by atoms with van der Waals surface area (Å²) in [6.07, 6.45) is 11.2. The molecule has 0 fully saturated rings. The van der Waals surface area contributed by atoms with Crippen molar-refractivity contribution in [1.29, 1.82) is 0 Å². The van der Waals surface area contributed by atoms with Crippen LogP contribution in [-0.4, -0.2) is 59.4 Å². The zero-order valence-electron chi connectivity index (χ0n) is 34.3. The highest BCUT2D eigenvalue weighted by Crippen LogP contribution is 2.47. The third-order valence-corrected chi connectivity index (χ3v) is 12.4. The molecular formula is C49H56N3O4S2+. The molecule has 0 N–H and O–H groups in total. The summed E-state index contributed by atoms with van der Waals surface area (Å²) in [5.74, 6) is 0. The molecule has 0 bridgehead atoms. The molecule has 58 heavy (non-hydrogen) atoms. The first kappa shape index (κ1) is 41.7. The fourth-order valence-electron chi connectivity index (χ4n) is 7.40. The van der Waals surface area contributed by atoms with E-state index in [-0.39, 0.29) is 0 Å². The molecule has 9 heteroatoms. The number of aryl methyl sites for hydroxylation is 2. The van der Waals surface area contributed by atoms with Crippen LogP contribution < -0.4 is 14.4 Å². The van der Waals surface area contributed by atoms with E-state index < -0.39 is 0 Å². The molecule has 0 saturated heterocycles. The van der Waals surface area contributed by atoms with Gasteiger partial charge in [-0.25, -0.2) is 0 Å². The van der Waals surface area contributed by atoms with Gasteiger partial charge in [0.05, 0.1) is 49.4 Å². The van der Waals surface area contributed by atoms with E-state index in [0.29, 0.717) is 52.9 Å². The van der Waals surface area contributed by atoms with Crippen LogP contribution >= 0.6 is 23.1 Å². The van der Waals surface area contributed by atoms with E-state index >= 15 is 0 Å². The highest BCUT2D eigenvalue weighted by Gasteiger charge is 2.28. The van der Waals surface area contributed by atoms with Crippen LogP contribution in [0.1, 0.15) is 42.8 Å². The lowest BCUT2D eigenvalue weighted by Crippen LogP contribution is -2.37. The van der Waals surface area contributed by atoms with Gasteiger partial charge in [0.25, 0.3) is 5.01 Å². The number of nitrogens with zero attached hydrogens (tertiary/aromatic N) is 3. The van der Waals surface area contributed by atoms with E-state index in [4.69, 9.17) is 18.9 Å². The lowest BCUT2D eigenvalue weighted by atomic mass is 10.1. The molecule has 5 aromatic rings. The molecule has 2 heterocycles. The number of aromatic nitrogens is 1. The molecule has 1 aromatic heterocycles. The Morgan fingerprint density at radius 1 is 0.690 bits per heavy atom. The largest absolute Gasteiger partial charge is 0.379 e. The quantitative estimate of drug-likeness (QED) is 0.0573. The topological polar surface area (TPSA) is 47.3 Å². The Kier molecular flexibility index (Phi) is 15.1. The molecule has 2 aliphatic rings. The van der Waals surface area contributed by atoms with Gasteiger partial charge < -0.3 is 28.7 Å². The molecule has 4 aromatic carbocycles. The van der Waals surface area contributed by atoms with Gasteiger partial charge in [-0.05, 0) is 117 Å². The predicted octanol–water partition coefficient (Wildman–Crippen LogP) is 11.2. The van der Waals surface area contributed by atoms with Crippen LogP contribution in [0.5, 0.6) is 0 Å². The highest BCUT2D eigenvalue weighted by molar-refractivity contribution is 8.03. The number of hydrogen-bond donors (Lipinski definition) is 0. The van der Waals surface area contributed by atoms with Crippen LogP contribution in [-0.2, 0) is 25.5 Å². The molecule has 1 aliphatic carbocycles. The van der Waals surface area contributed by atoms with E-state index in [1.807, 2.05) is 36.9 Å². The monoisotopic (exact) mass is 814 g/mol. The van der Waals surface area contributed by atoms with Crippen molar-refractivity contribution in [1.82, 2.24) is 0 Å². The Morgan fingerprint density at radius 2 is 1.34 bits per heavy atom. The Morgan fingerprint density at radius 3 is 2.05 bits per heavy atom. The maximum absolute atomic E-state index is 6.01. The second kappa shape index (κ2) is 21.0. The molecule has 0 unspecified atom stereocenters. The van der Waals surface area contributed by atoms with Crippen molar-refractivity contribution in [2.45, 2.75) is 52.0 Å². The molecule has 0 saturated carbocycles. The summed E-state index contributed by atoms with van der Waals surface area (Å²) in [6, 6.07) is 35.0. The maximum atomic E-state index is 6.01. The van der Waals surface area contributed by atoms with Crippen molar-refractivity contribution in [3.05, 3.63) is 153 Å². The molecule has 0 radical (unpaired) electrons. The van der Waals surface area contributed by atoms with Crippen molar-refractivity contribution >= 4 is 56.5 Å². The fourth-order valence-corrected chi connectivity index (χ4v) is 9.78. The zero-order valence-corrected chi connectivity index (χ0v) is 36.0. The first-order valence-corrected chi connectivity index (χ1v) is 22.2. The molecule has 0 spiro atoms. The lowest BCUT2D eigenvalue weighted by Gasteiger charge is -2.28. The summed E-state index contributed by atoms with van der Waals surface area (Å²) in [5.41, 5.74) is 11.1. The van der Waals surface area contributed by atoms with Crippen molar-refractivity contribution in [2.24, 2.45) is 0 Å². The summed E-state index contributed by atoms with van der Waals surface area (Å²) in [5, 5.41) is 2.42. The Balaban J connectivity index is 1.27. The summed E-state index contributed by atoms with van der Waals surface area (Å²) >= 11 is 3.68. The summed E-state index contributed by atoms with van der Waals surface area (Å²) in [6.45, 7) is 15.0. The number of thiazole rings is 1. The molecule has 7 nitrogen and oxygen atoms in total. The smallest absolute Gasteiger partial charge is 0.262 e. The number of fused-ring (bicyclic) bond motifs is 2. The van der Waals surface area contributed by atoms with Gasteiger partial charge >= 0.3 is 0 Å². The third-order valence-electron chi connectivity index (χ3n) is 10.2. The minimum atomic E-state index is 0.599. The van der Waals surface area contributed by atoms with Crippen molar-refractivity contribution in [3.63, 3.8) is 0 Å². The first-order chi connectivity index (χ1) is 28.5. The predicted molar refractivity (Wildman–Crippen MR) is 242 cm³/mol.